The predicted octanol–water partition coefficient (Wildman–Crippen LogP) is 5.16. The summed E-state index contributed by atoms with van der Waals surface area (Å²) in [4.78, 5) is 11.6. The summed E-state index contributed by atoms with van der Waals surface area (Å²) in [7, 11) is 0. The summed E-state index contributed by atoms with van der Waals surface area (Å²) in [5, 5.41) is 6.28. The maximum Gasteiger partial charge on any atom is 0.407 e. The molecule has 0 aromatic heterocycles. The zero-order valence-corrected chi connectivity index (χ0v) is 16.5. The van der Waals surface area contributed by atoms with Crippen molar-refractivity contribution >= 4 is 6.09 Å². The van der Waals surface area contributed by atoms with Crippen LogP contribution in [0.25, 0.3) is 0 Å². The van der Waals surface area contributed by atoms with E-state index in [-0.39, 0.29) is 6.09 Å². The molecule has 1 aromatic rings. The molecule has 4 heteroatoms. The Hall–Kier alpha value is -1.55. The van der Waals surface area contributed by atoms with Gasteiger partial charge in [-0.15, -0.1) is 0 Å². The quantitative estimate of drug-likeness (QED) is 0.543. The Morgan fingerprint density at radius 2 is 1.48 bits per heavy atom. The van der Waals surface area contributed by atoms with Crippen LogP contribution in [0.5, 0.6) is 0 Å². The molecule has 0 aliphatic heterocycles. The number of rotatable bonds is 11. The number of nitrogens with one attached hydrogen (secondary N) is 2. The first-order valence-electron chi connectivity index (χ1n) is 9.66. The van der Waals surface area contributed by atoms with Crippen LogP contribution >= 0.6 is 0 Å². The third kappa shape index (κ3) is 11.6. The maximum atomic E-state index is 11.6. The predicted molar refractivity (Wildman–Crippen MR) is 105 cm³/mol. The Labute approximate surface area is 153 Å². The largest absolute Gasteiger partial charge is 0.444 e. The van der Waals surface area contributed by atoms with Gasteiger partial charge >= 0.3 is 6.09 Å². The van der Waals surface area contributed by atoms with E-state index in [2.05, 4.69) is 41.8 Å². The number of hydrogen-bond donors (Lipinski definition) is 2. The van der Waals surface area contributed by atoms with Crippen LogP contribution in [0.4, 0.5) is 4.79 Å². The normalized spacial score (nSPS) is 11.4. The van der Waals surface area contributed by atoms with Gasteiger partial charge in [0.2, 0.25) is 0 Å². The van der Waals surface area contributed by atoms with Crippen molar-refractivity contribution < 1.29 is 9.53 Å². The first-order chi connectivity index (χ1) is 11.9. The molecule has 2 N–H and O–H groups in total. The standard InChI is InChI=1S/C21H36N2O2/c1-5-6-7-8-9-10-15-22-16-18-11-13-19(14-12-18)17-23-20(24)25-21(2,3)4/h11-14,22H,5-10,15-17H2,1-4H3,(H,23,24). The van der Waals surface area contributed by atoms with Crippen molar-refractivity contribution in [2.45, 2.75) is 84.9 Å². The van der Waals surface area contributed by atoms with Gasteiger partial charge < -0.3 is 15.4 Å². The van der Waals surface area contributed by atoms with Gasteiger partial charge in [-0.3, -0.25) is 0 Å². The maximum absolute atomic E-state index is 11.6. The van der Waals surface area contributed by atoms with Crippen LogP contribution in [-0.2, 0) is 17.8 Å². The zero-order valence-electron chi connectivity index (χ0n) is 16.5. The highest BCUT2D eigenvalue weighted by atomic mass is 16.6. The highest BCUT2D eigenvalue weighted by Crippen LogP contribution is 2.08. The monoisotopic (exact) mass is 348 g/mol. The number of unbranched alkanes of at least 4 members (excludes halogenated alkanes) is 5. The van der Waals surface area contributed by atoms with E-state index in [1.54, 1.807) is 0 Å². The molecule has 0 saturated heterocycles. The fraction of sp³-hybridized carbons (Fsp3) is 0.667. The van der Waals surface area contributed by atoms with Gasteiger partial charge in [-0.05, 0) is 44.9 Å². The Balaban J connectivity index is 2.16. The summed E-state index contributed by atoms with van der Waals surface area (Å²) in [5.74, 6) is 0. The molecule has 0 radical (unpaired) electrons. The van der Waals surface area contributed by atoms with Crippen LogP contribution in [0, 0.1) is 0 Å². The number of benzene rings is 1. The van der Waals surface area contributed by atoms with E-state index in [0.717, 1.165) is 18.7 Å². The molecule has 1 aromatic carbocycles. The second kappa shape index (κ2) is 11.9. The summed E-state index contributed by atoms with van der Waals surface area (Å²) in [6.45, 7) is 10.3. The lowest BCUT2D eigenvalue weighted by Crippen LogP contribution is -2.32. The van der Waals surface area contributed by atoms with Crippen LogP contribution in [0.3, 0.4) is 0 Å². The molecule has 0 aliphatic carbocycles. The van der Waals surface area contributed by atoms with Crippen LogP contribution in [0.15, 0.2) is 24.3 Å². The van der Waals surface area contributed by atoms with Gasteiger partial charge in [0.05, 0.1) is 0 Å². The average Bonchev–Trinajstić information content (AvgIpc) is 2.55. The lowest BCUT2D eigenvalue weighted by atomic mass is 10.1. The molecule has 0 bridgehead atoms. The number of carbonyl (C=O) groups excluding carboxylic acids is 1. The van der Waals surface area contributed by atoms with Gasteiger partial charge in [0.1, 0.15) is 5.60 Å². The van der Waals surface area contributed by atoms with Crippen LogP contribution < -0.4 is 10.6 Å². The first kappa shape index (κ1) is 21.5. The minimum atomic E-state index is -0.463. The number of hydrogen-bond acceptors (Lipinski definition) is 3. The third-order valence-electron chi connectivity index (χ3n) is 3.89. The molecule has 0 spiro atoms. The topological polar surface area (TPSA) is 50.4 Å². The molecule has 0 atom stereocenters. The molecule has 1 rings (SSSR count). The van der Waals surface area contributed by atoms with Crippen molar-refractivity contribution in [3.05, 3.63) is 35.4 Å². The second-order valence-corrected chi connectivity index (χ2v) is 7.62. The first-order valence-corrected chi connectivity index (χ1v) is 9.66. The third-order valence-corrected chi connectivity index (χ3v) is 3.89. The lowest BCUT2D eigenvalue weighted by Gasteiger charge is -2.19. The Bertz CT molecular complexity index is 478. The molecule has 142 valence electrons. The number of carbonyl (C=O) groups is 1. The zero-order chi connectivity index (χ0) is 18.5. The van der Waals surface area contributed by atoms with Crippen molar-refractivity contribution in [3.8, 4) is 0 Å². The molecule has 25 heavy (non-hydrogen) atoms. The Kier molecular flexibility index (Phi) is 10.2. The Morgan fingerprint density at radius 3 is 2.08 bits per heavy atom. The molecule has 0 fully saturated rings. The van der Waals surface area contributed by atoms with Crippen molar-refractivity contribution in [2.75, 3.05) is 6.54 Å². The molecular formula is C21H36N2O2. The van der Waals surface area contributed by atoms with E-state index >= 15 is 0 Å². The number of alkyl carbamates (subject to hydrolysis) is 1. The highest BCUT2D eigenvalue weighted by Gasteiger charge is 2.15. The second-order valence-electron chi connectivity index (χ2n) is 7.62. The molecule has 0 saturated carbocycles. The molecule has 4 nitrogen and oxygen atoms in total. The summed E-state index contributed by atoms with van der Waals surface area (Å²) in [5.41, 5.74) is 1.88. The van der Waals surface area contributed by atoms with Gasteiger partial charge in [0.15, 0.2) is 0 Å². The summed E-state index contributed by atoms with van der Waals surface area (Å²) >= 11 is 0. The molecule has 1 amide bonds. The van der Waals surface area contributed by atoms with Gasteiger partial charge in [-0.25, -0.2) is 4.79 Å². The van der Waals surface area contributed by atoms with E-state index in [9.17, 15) is 4.79 Å². The number of ether oxygens (including phenoxy) is 1. The lowest BCUT2D eigenvalue weighted by molar-refractivity contribution is 0.0523. The van der Waals surface area contributed by atoms with Crippen molar-refractivity contribution in [2.24, 2.45) is 0 Å². The smallest absolute Gasteiger partial charge is 0.407 e. The average molecular weight is 349 g/mol. The van der Waals surface area contributed by atoms with Crippen molar-refractivity contribution in [1.29, 1.82) is 0 Å². The SMILES string of the molecule is CCCCCCCCNCc1ccc(CNC(=O)OC(C)(C)C)cc1. The fourth-order valence-corrected chi connectivity index (χ4v) is 2.53. The molecule has 0 unspecified atom stereocenters. The van der Waals surface area contributed by atoms with Crippen LogP contribution in [0.2, 0.25) is 0 Å². The van der Waals surface area contributed by atoms with Gasteiger partial charge in [-0.2, -0.15) is 0 Å². The van der Waals surface area contributed by atoms with Gasteiger partial charge in [0, 0.05) is 13.1 Å². The van der Waals surface area contributed by atoms with Crippen LogP contribution in [0.1, 0.15) is 77.3 Å². The minimum absolute atomic E-state index is 0.378. The fourth-order valence-electron chi connectivity index (χ4n) is 2.53. The van der Waals surface area contributed by atoms with E-state index in [1.165, 1.54) is 44.1 Å². The summed E-state index contributed by atoms with van der Waals surface area (Å²) in [6.07, 6.45) is 7.59. The van der Waals surface area contributed by atoms with Crippen molar-refractivity contribution in [3.63, 3.8) is 0 Å². The van der Waals surface area contributed by atoms with Gasteiger partial charge in [-0.1, -0.05) is 63.3 Å². The van der Waals surface area contributed by atoms with E-state index in [4.69, 9.17) is 4.74 Å². The van der Waals surface area contributed by atoms with Gasteiger partial charge in [0.25, 0.3) is 0 Å². The van der Waals surface area contributed by atoms with Crippen molar-refractivity contribution in [1.82, 2.24) is 10.6 Å². The van der Waals surface area contributed by atoms with E-state index in [0.29, 0.717) is 6.54 Å². The Morgan fingerprint density at radius 1 is 0.920 bits per heavy atom. The summed E-state index contributed by atoms with van der Waals surface area (Å²) in [6, 6.07) is 8.33. The van der Waals surface area contributed by atoms with E-state index in [1.807, 2.05) is 20.8 Å². The molecule has 0 aliphatic rings. The number of amides is 1. The van der Waals surface area contributed by atoms with E-state index < -0.39 is 5.60 Å². The highest BCUT2D eigenvalue weighted by molar-refractivity contribution is 5.67. The summed E-state index contributed by atoms with van der Waals surface area (Å²) < 4.78 is 5.23. The molecule has 0 heterocycles. The minimum Gasteiger partial charge on any atom is -0.444 e. The van der Waals surface area contributed by atoms with Crippen LogP contribution in [-0.4, -0.2) is 18.2 Å². The molecular weight excluding hydrogens is 312 g/mol.